The topological polar surface area (TPSA) is 70.2 Å². The molecule has 7 heteroatoms. The van der Waals surface area contributed by atoms with Crippen molar-refractivity contribution in [3.8, 4) is 0 Å². The summed E-state index contributed by atoms with van der Waals surface area (Å²) in [7, 11) is 0. The van der Waals surface area contributed by atoms with Crippen molar-refractivity contribution >= 4 is 52.2 Å². The van der Waals surface area contributed by atoms with Gasteiger partial charge >= 0.3 is 6.03 Å². The highest BCUT2D eigenvalue weighted by Gasteiger charge is 2.10. The quantitative estimate of drug-likeness (QED) is 0.511. The van der Waals surface area contributed by atoms with Gasteiger partial charge in [-0.2, -0.15) is 0 Å². The van der Waals surface area contributed by atoms with Gasteiger partial charge in [-0.25, -0.2) is 4.79 Å². The average molecular weight is 400 g/mol. The number of carbonyl (C=O) groups is 2. The normalized spacial score (nSPS) is 10.1. The fraction of sp³-hybridized carbons (Fsp3) is 0. The van der Waals surface area contributed by atoms with E-state index in [0.717, 1.165) is 0 Å². The van der Waals surface area contributed by atoms with Gasteiger partial charge in [-0.15, -0.1) is 0 Å². The van der Waals surface area contributed by atoms with Crippen LogP contribution in [0, 0.1) is 0 Å². The first kappa shape index (κ1) is 18.8. The summed E-state index contributed by atoms with van der Waals surface area (Å²) >= 11 is 12.0. The molecule has 27 heavy (non-hydrogen) atoms. The van der Waals surface area contributed by atoms with E-state index in [9.17, 15) is 9.59 Å². The van der Waals surface area contributed by atoms with E-state index in [1.165, 1.54) is 0 Å². The van der Waals surface area contributed by atoms with Crippen LogP contribution in [0.15, 0.2) is 72.8 Å². The van der Waals surface area contributed by atoms with Crippen LogP contribution in [-0.4, -0.2) is 11.9 Å². The maximum absolute atomic E-state index is 12.2. The average Bonchev–Trinajstić information content (AvgIpc) is 2.66. The number of benzene rings is 3. The zero-order valence-electron chi connectivity index (χ0n) is 14.0. The first-order valence-electron chi connectivity index (χ1n) is 8.01. The largest absolute Gasteiger partial charge is 0.323 e. The molecule has 3 aromatic carbocycles. The Morgan fingerprint density at radius 1 is 0.704 bits per heavy atom. The Morgan fingerprint density at radius 2 is 1.33 bits per heavy atom. The molecule has 136 valence electrons. The van der Waals surface area contributed by atoms with Crippen LogP contribution in [0.3, 0.4) is 0 Å². The van der Waals surface area contributed by atoms with Gasteiger partial charge in [0.1, 0.15) is 0 Å². The molecule has 0 aliphatic rings. The lowest BCUT2D eigenvalue weighted by Crippen LogP contribution is -2.19. The maximum Gasteiger partial charge on any atom is 0.323 e. The predicted molar refractivity (Wildman–Crippen MR) is 110 cm³/mol. The SMILES string of the molecule is O=C(Nc1ccc(Cl)cc1)Nc1ccc(NC(=O)c2ccccc2)c(Cl)c1. The van der Waals surface area contributed by atoms with E-state index in [-0.39, 0.29) is 5.91 Å². The summed E-state index contributed by atoms with van der Waals surface area (Å²) in [4.78, 5) is 24.3. The Bertz CT molecular complexity index is 961. The summed E-state index contributed by atoms with van der Waals surface area (Å²) in [5.41, 5.74) is 2.08. The minimum atomic E-state index is -0.422. The van der Waals surface area contributed by atoms with Crippen LogP contribution >= 0.6 is 23.2 Å². The highest BCUT2D eigenvalue weighted by atomic mass is 35.5. The monoisotopic (exact) mass is 399 g/mol. The summed E-state index contributed by atoms with van der Waals surface area (Å²) in [6.07, 6.45) is 0. The van der Waals surface area contributed by atoms with Crippen molar-refractivity contribution in [3.63, 3.8) is 0 Å². The standard InChI is InChI=1S/C20H15Cl2N3O2/c21-14-6-8-15(9-7-14)23-20(27)24-16-10-11-18(17(22)12-16)25-19(26)13-4-2-1-3-5-13/h1-12H,(H,25,26)(H2,23,24,27). The number of carbonyl (C=O) groups excluding carboxylic acids is 2. The van der Waals surface area contributed by atoms with E-state index < -0.39 is 6.03 Å². The van der Waals surface area contributed by atoms with E-state index in [4.69, 9.17) is 23.2 Å². The van der Waals surface area contributed by atoms with Crippen LogP contribution < -0.4 is 16.0 Å². The van der Waals surface area contributed by atoms with Gasteiger partial charge in [-0.1, -0.05) is 41.4 Å². The molecule has 0 aliphatic carbocycles. The van der Waals surface area contributed by atoms with Crippen LogP contribution in [0.5, 0.6) is 0 Å². The number of hydrogen-bond donors (Lipinski definition) is 3. The minimum Gasteiger partial charge on any atom is -0.321 e. The first-order chi connectivity index (χ1) is 13.0. The van der Waals surface area contributed by atoms with Gasteiger partial charge in [-0.3, -0.25) is 4.79 Å². The third kappa shape index (κ3) is 5.23. The van der Waals surface area contributed by atoms with Gasteiger partial charge in [0, 0.05) is 22.0 Å². The van der Waals surface area contributed by atoms with Crippen LogP contribution in [0.4, 0.5) is 21.9 Å². The van der Waals surface area contributed by atoms with E-state index in [0.29, 0.717) is 32.7 Å². The first-order valence-corrected chi connectivity index (χ1v) is 8.76. The number of rotatable bonds is 4. The van der Waals surface area contributed by atoms with E-state index in [1.807, 2.05) is 6.07 Å². The summed E-state index contributed by atoms with van der Waals surface area (Å²) in [5, 5.41) is 9.00. The van der Waals surface area contributed by atoms with Crippen molar-refractivity contribution in [1.82, 2.24) is 0 Å². The molecule has 0 aromatic heterocycles. The summed E-state index contributed by atoms with van der Waals surface area (Å²) in [6, 6.07) is 20.0. The molecule has 0 atom stereocenters. The molecule has 0 saturated heterocycles. The number of hydrogen-bond acceptors (Lipinski definition) is 2. The second-order valence-corrected chi connectivity index (χ2v) is 6.44. The fourth-order valence-corrected chi connectivity index (χ4v) is 2.66. The lowest BCUT2D eigenvalue weighted by Gasteiger charge is -2.11. The molecular weight excluding hydrogens is 385 g/mol. The fourth-order valence-electron chi connectivity index (χ4n) is 2.30. The van der Waals surface area contributed by atoms with Crippen molar-refractivity contribution < 1.29 is 9.59 Å². The smallest absolute Gasteiger partial charge is 0.321 e. The third-order valence-corrected chi connectivity index (χ3v) is 4.18. The lowest BCUT2D eigenvalue weighted by molar-refractivity contribution is 0.102. The molecule has 0 heterocycles. The van der Waals surface area contributed by atoms with Gasteiger partial charge in [0.05, 0.1) is 10.7 Å². The predicted octanol–water partition coefficient (Wildman–Crippen LogP) is 5.89. The summed E-state index contributed by atoms with van der Waals surface area (Å²) in [5.74, 6) is -0.265. The number of nitrogens with one attached hydrogen (secondary N) is 3. The lowest BCUT2D eigenvalue weighted by atomic mass is 10.2. The van der Waals surface area contributed by atoms with Crippen molar-refractivity contribution in [2.45, 2.75) is 0 Å². The molecule has 5 nitrogen and oxygen atoms in total. The molecule has 0 fully saturated rings. The van der Waals surface area contributed by atoms with Crippen LogP contribution in [0.25, 0.3) is 0 Å². The van der Waals surface area contributed by atoms with Crippen LogP contribution in [0.2, 0.25) is 10.0 Å². The van der Waals surface area contributed by atoms with E-state index in [1.54, 1.807) is 66.7 Å². The van der Waals surface area contributed by atoms with Crippen LogP contribution in [-0.2, 0) is 0 Å². The van der Waals surface area contributed by atoms with Crippen LogP contribution in [0.1, 0.15) is 10.4 Å². The van der Waals surface area contributed by atoms with Gasteiger partial charge in [0.15, 0.2) is 0 Å². The van der Waals surface area contributed by atoms with Gasteiger partial charge in [-0.05, 0) is 54.6 Å². The van der Waals surface area contributed by atoms with Crippen molar-refractivity contribution in [2.24, 2.45) is 0 Å². The molecule has 3 N–H and O–H groups in total. The number of amides is 3. The molecule has 0 radical (unpaired) electrons. The van der Waals surface area contributed by atoms with Gasteiger partial charge < -0.3 is 16.0 Å². The molecule has 3 aromatic rings. The molecule has 3 amide bonds. The van der Waals surface area contributed by atoms with Gasteiger partial charge in [0.2, 0.25) is 0 Å². The summed E-state index contributed by atoms with van der Waals surface area (Å²) in [6.45, 7) is 0. The summed E-state index contributed by atoms with van der Waals surface area (Å²) < 4.78 is 0. The van der Waals surface area contributed by atoms with Crippen molar-refractivity contribution in [3.05, 3.63) is 88.4 Å². The second-order valence-electron chi connectivity index (χ2n) is 5.60. The highest BCUT2D eigenvalue weighted by Crippen LogP contribution is 2.26. The third-order valence-electron chi connectivity index (χ3n) is 3.61. The van der Waals surface area contributed by atoms with E-state index in [2.05, 4.69) is 16.0 Å². The number of anilines is 3. The zero-order valence-corrected chi connectivity index (χ0v) is 15.5. The van der Waals surface area contributed by atoms with Crippen molar-refractivity contribution in [1.29, 1.82) is 0 Å². The molecule has 3 rings (SSSR count). The van der Waals surface area contributed by atoms with Gasteiger partial charge in [0.25, 0.3) is 5.91 Å². The number of urea groups is 1. The molecule has 0 bridgehead atoms. The highest BCUT2D eigenvalue weighted by molar-refractivity contribution is 6.34. The Morgan fingerprint density at radius 3 is 2.00 bits per heavy atom. The minimum absolute atomic E-state index is 0.265. The number of halogens is 2. The second kappa shape index (κ2) is 8.58. The Labute approximate surface area is 166 Å². The molecular formula is C20H15Cl2N3O2. The molecule has 0 saturated carbocycles. The maximum atomic E-state index is 12.2. The molecule has 0 spiro atoms. The Kier molecular flexibility index (Phi) is 5.96. The molecule has 0 aliphatic heterocycles. The zero-order chi connectivity index (χ0) is 19.2. The molecule has 0 unspecified atom stereocenters. The Hall–Kier alpha value is -3.02. The van der Waals surface area contributed by atoms with E-state index >= 15 is 0 Å². The van der Waals surface area contributed by atoms with Crippen molar-refractivity contribution in [2.75, 3.05) is 16.0 Å². The Balaban J connectivity index is 1.63.